The van der Waals surface area contributed by atoms with Gasteiger partial charge in [0.25, 0.3) is 0 Å². The normalized spacial score (nSPS) is 14.2. The molecular weight excluding hydrogens is 373 g/mol. The summed E-state index contributed by atoms with van der Waals surface area (Å²) in [6, 6.07) is 15.7. The van der Waals surface area contributed by atoms with E-state index in [1.807, 2.05) is 18.2 Å². The molecule has 136 valence electrons. The molecule has 1 aromatic heterocycles. The Bertz CT molecular complexity index is 897. The molecule has 0 saturated carbocycles. The maximum Gasteiger partial charge on any atom is 0.401 e. The summed E-state index contributed by atoms with van der Waals surface area (Å²) in [5.41, 5.74) is 1.31. The predicted octanol–water partition coefficient (Wildman–Crippen LogP) is 7.17. The molecule has 1 heterocycles. The standard InChI is InChI=1S/C15H10O3.F6P/c16-12-7-4-10(5-8-12)14-9-6-11-2-1-3-13(17)15(11)18-14;1-7(2,3,4,5)6/h1-9H,(H-,16,17);/q;-1/p+1. The van der Waals surface area contributed by atoms with Crippen LogP contribution in [0, 0.1) is 0 Å². The van der Waals surface area contributed by atoms with Crippen molar-refractivity contribution in [3.63, 3.8) is 0 Å². The number of rotatable bonds is 1. The van der Waals surface area contributed by atoms with Gasteiger partial charge in [0.1, 0.15) is 5.75 Å². The number of hydrogen-bond donors (Lipinski definition) is 2. The van der Waals surface area contributed by atoms with Crippen molar-refractivity contribution in [1.29, 1.82) is 0 Å². The molecule has 0 aliphatic heterocycles. The van der Waals surface area contributed by atoms with Crippen molar-refractivity contribution in [2.75, 3.05) is 0 Å². The van der Waals surface area contributed by atoms with Crippen molar-refractivity contribution in [1.82, 2.24) is 0 Å². The van der Waals surface area contributed by atoms with Gasteiger partial charge < -0.3 is 10.2 Å². The van der Waals surface area contributed by atoms with Crippen LogP contribution in [0.2, 0.25) is 0 Å². The second-order valence-corrected chi connectivity index (χ2v) is 6.92. The van der Waals surface area contributed by atoms with E-state index in [1.54, 1.807) is 36.4 Å². The smallest absolute Gasteiger partial charge is 0.401 e. The van der Waals surface area contributed by atoms with Crippen LogP contribution in [0.5, 0.6) is 11.5 Å². The number of para-hydroxylation sites is 1. The van der Waals surface area contributed by atoms with Crippen LogP contribution in [-0.2, 0) is 0 Å². The zero-order valence-electron chi connectivity index (χ0n) is 12.2. The van der Waals surface area contributed by atoms with Crippen molar-refractivity contribution in [3.8, 4) is 22.8 Å². The number of fused-ring (bicyclic) bond motifs is 1. The molecular formula is C15H11F6O3P. The van der Waals surface area contributed by atoms with E-state index < -0.39 is 7.81 Å². The first-order valence-electron chi connectivity index (χ1n) is 6.60. The van der Waals surface area contributed by atoms with Crippen LogP contribution < -0.4 is 0 Å². The summed E-state index contributed by atoms with van der Waals surface area (Å²) in [5.74, 6) is 0.972. The molecule has 2 aromatic carbocycles. The summed E-state index contributed by atoms with van der Waals surface area (Å²) < 4.78 is 64.9. The average molecular weight is 384 g/mol. The average Bonchev–Trinajstić information content (AvgIpc) is 2.45. The maximum absolute atomic E-state index is 10.7. The van der Waals surface area contributed by atoms with Gasteiger partial charge in [0, 0.05) is 6.07 Å². The summed E-state index contributed by atoms with van der Waals surface area (Å²) in [5, 5.41) is 19.8. The number of phenolic OH excluding ortho intramolecular Hbond substituents is 2. The Hall–Kier alpha value is -2.54. The summed E-state index contributed by atoms with van der Waals surface area (Å²) in [4.78, 5) is 0. The van der Waals surface area contributed by atoms with Gasteiger partial charge in [-0.3, -0.25) is 0 Å². The second-order valence-electron chi connectivity index (χ2n) is 5.00. The van der Waals surface area contributed by atoms with Crippen LogP contribution in [-0.4, -0.2) is 10.2 Å². The molecule has 25 heavy (non-hydrogen) atoms. The number of benzene rings is 2. The van der Waals surface area contributed by atoms with E-state index in [1.165, 1.54) is 0 Å². The van der Waals surface area contributed by atoms with Crippen LogP contribution in [0.4, 0.5) is 25.2 Å². The van der Waals surface area contributed by atoms with Crippen LogP contribution in [0.25, 0.3) is 22.3 Å². The quantitative estimate of drug-likeness (QED) is 0.266. The molecule has 0 aliphatic rings. The minimum absolute atomic E-state index is 0.119. The van der Waals surface area contributed by atoms with Gasteiger partial charge in [-0.25, -0.2) is 4.42 Å². The predicted molar refractivity (Wildman–Crippen MR) is 83.0 cm³/mol. The molecule has 10 heteroatoms. The van der Waals surface area contributed by atoms with Crippen LogP contribution in [0.3, 0.4) is 0 Å². The van der Waals surface area contributed by atoms with Gasteiger partial charge >= 0.3 is 44.3 Å². The third-order valence-electron chi connectivity index (χ3n) is 2.80. The van der Waals surface area contributed by atoms with Gasteiger partial charge in [-0.05, 0) is 42.5 Å². The molecule has 3 nitrogen and oxygen atoms in total. The van der Waals surface area contributed by atoms with Crippen LogP contribution >= 0.6 is 7.81 Å². The maximum atomic E-state index is 9.87. The topological polar surface area (TPSA) is 51.8 Å². The minimum Gasteiger partial charge on any atom is -0.508 e. The molecule has 3 aromatic rings. The van der Waals surface area contributed by atoms with Gasteiger partial charge in [-0.1, -0.05) is 6.07 Å². The third kappa shape index (κ3) is 6.84. The van der Waals surface area contributed by atoms with E-state index in [9.17, 15) is 35.4 Å². The number of hydrogen-bond acceptors (Lipinski definition) is 2. The largest absolute Gasteiger partial charge is 0.508 e. The number of aromatic hydroxyl groups is 2. The number of halogens is 6. The zero-order valence-corrected chi connectivity index (χ0v) is 13.1. The van der Waals surface area contributed by atoms with E-state index in [0.29, 0.717) is 11.3 Å². The fourth-order valence-corrected chi connectivity index (χ4v) is 1.87. The van der Waals surface area contributed by atoms with Crippen molar-refractivity contribution in [2.24, 2.45) is 0 Å². The van der Waals surface area contributed by atoms with E-state index in [0.717, 1.165) is 10.9 Å². The van der Waals surface area contributed by atoms with Gasteiger partial charge in [-0.15, -0.1) is 0 Å². The Morgan fingerprint density at radius 1 is 0.720 bits per heavy atom. The summed E-state index contributed by atoms with van der Waals surface area (Å²) in [7, 11) is -10.7. The SMILES string of the molecule is F[P-](F)(F)(F)(F)F.Oc1ccc(-c2ccc3cccc(O)c3[o+]2)cc1. The van der Waals surface area contributed by atoms with Gasteiger partial charge in [0.2, 0.25) is 5.75 Å². The van der Waals surface area contributed by atoms with Crippen molar-refractivity contribution < 1.29 is 39.8 Å². The first-order chi connectivity index (χ1) is 11.2. The first kappa shape index (κ1) is 18.8. The molecule has 3 rings (SSSR count). The Kier molecular flexibility index (Phi) is 4.13. The summed E-state index contributed by atoms with van der Waals surface area (Å²) in [6.45, 7) is 0. The molecule has 0 fully saturated rings. The molecule has 0 radical (unpaired) electrons. The van der Waals surface area contributed by atoms with E-state index in [4.69, 9.17) is 4.42 Å². The van der Waals surface area contributed by atoms with E-state index >= 15 is 0 Å². The Morgan fingerprint density at radius 3 is 1.84 bits per heavy atom. The summed E-state index contributed by atoms with van der Waals surface area (Å²) in [6.07, 6.45) is 0. The fraction of sp³-hybridized carbons (Fsp3) is 0. The number of phenols is 2. The molecule has 0 saturated heterocycles. The van der Waals surface area contributed by atoms with Crippen LogP contribution in [0.1, 0.15) is 0 Å². The Morgan fingerprint density at radius 2 is 1.28 bits per heavy atom. The molecule has 2 N–H and O–H groups in total. The van der Waals surface area contributed by atoms with Gasteiger partial charge in [-0.2, -0.15) is 0 Å². The zero-order chi connectivity index (χ0) is 18.9. The van der Waals surface area contributed by atoms with E-state index in [2.05, 4.69) is 0 Å². The Labute approximate surface area is 137 Å². The Balaban J connectivity index is 0.000000277. The molecule has 0 aliphatic carbocycles. The second kappa shape index (κ2) is 5.49. The molecule has 0 bridgehead atoms. The third-order valence-corrected chi connectivity index (χ3v) is 2.80. The van der Waals surface area contributed by atoms with Crippen molar-refractivity contribution >= 4 is 18.8 Å². The molecule has 0 amide bonds. The van der Waals surface area contributed by atoms with Crippen molar-refractivity contribution in [2.45, 2.75) is 0 Å². The van der Waals surface area contributed by atoms with E-state index in [-0.39, 0.29) is 11.5 Å². The van der Waals surface area contributed by atoms with Gasteiger partial charge in [0.15, 0.2) is 0 Å². The molecule has 0 spiro atoms. The molecule has 0 unspecified atom stereocenters. The van der Waals surface area contributed by atoms with Crippen molar-refractivity contribution in [3.05, 3.63) is 54.6 Å². The van der Waals surface area contributed by atoms with Crippen LogP contribution in [0.15, 0.2) is 59.0 Å². The fourth-order valence-electron chi connectivity index (χ4n) is 1.87. The monoisotopic (exact) mass is 384 g/mol. The first-order valence-corrected chi connectivity index (χ1v) is 8.62. The molecule has 0 atom stereocenters. The minimum atomic E-state index is -10.7. The van der Waals surface area contributed by atoms with Gasteiger partial charge in [0.05, 0.1) is 10.9 Å². The summed E-state index contributed by atoms with van der Waals surface area (Å²) >= 11 is 0.